The Morgan fingerprint density at radius 3 is 2.47 bits per heavy atom. The maximum atomic E-state index is 11.7. The lowest BCUT2D eigenvalue weighted by Gasteiger charge is -2.28. The van der Waals surface area contributed by atoms with Gasteiger partial charge < -0.3 is 5.11 Å². The number of hydrogen-bond acceptors (Lipinski definition) is 5. The SMILES string of the molecule is Cc1ccc(O)c(CN(C)CC(C)(C)S(C)(=O)=O)n1. The molecule has 0 amide bonds. The summed E-state index contributed by atoms with van der Waals surface area (Å²) in [5.74, 6) is 0.134. The summed E-state index contributed by atoms with van der Waals surface area (Å²) in [4.78, 5) is 6.11. The molecule has 0 aromatic carbocycles. The fourth-order valence-electron chi connectivity index (χ4n) is 1.80. The minimum absolute atomic E-state index is 0.134. The van der Waals surface area contributed by atoms with E-state index in [1.54, 1.807) is 26.0 Å². The quantitative estimate of drug-likeness (QED) is 0.884. The first-order chi connectivity index (χ1) is 8.53. The van der Waals surface area contributed by atoms with Crippen molar-refractivity contribution in [2.24, 2.45) is 0 Å². The fraction of sp³-hybridized carbons (Fsp3) is 0.615. The Balaban J connectivity index is 2.81. The van der Waals surface area contributed by atoms with Crippen LogP contribution < -0.4 is 0 Å². The van der Waals surface area contributed by atoms with Crippen LogP contribution in [0.15, 0.2) is 12.1 Å². The molecule has 0 aliphatic rings. The van der Waals surface area contributed by atoms with E-state index in [0.29, 0.717) is 18.8 Å². The average molecular weight is 286 g/mol. The van der Waals surface area contributed by atoms with Gasteiger partial charge in [0.15, 0.2) is 9.84 Å². The zero-order valence-electron chi connectivity index (χ0n) is 12.1. The molecule has 1 N–H and O–H groups in total. The third-order valence-electron chi connectivity index (χ3n) is 3.16. The van der Waals surface area contributed by atoms with Crippen LogP contribution in [-0.4, -0.2) is 48.0 Å². The van der Waals surface area contributed by atoms with Gasteiger partial charge >= 0.3 is 0 Å². The molecule has 0 saturated heterocycles. The van der Waals surface area contributed by atoms with Crippen LogP contribution in [-0.2, 0) is 16.4 Å². The van der Waals surface area contributed by atoms with E-state index in [1.165, 1.54) is 6.26 Å². The molecule has 0 radical (unpaired) electrons. The highest BCUT2D eigenvalue weighted by atomic mass is 32.2. The molecule has 0 atom stereocenters. The van der Waals surface area contributed by atoms with Gasteiger partial charge in [0.25, 0.3) is 0 Å². The Morgan fingerprint density at radius 1 is 1.37 bits per heavy atom. The summed E-state index contributed by atoms with van der Waals surface area (Å²) in [5.41, 5.74) is 1.38. The maximum Gasteiger partial charge on any atom is 0.153 e. The van der Waals surface area contributed by atoms with E-state index in [2.05, 4.69) is 4.98 Å². The molecular formula is C13H22N2O3S. The molecule has 0 unspecified atom stereocenters. The molecule has 0 aliphatic carbocycles. The summed E-state index contributed by atoms with van der Waals surface area (Å²) in [6, 6.07) is 3.34. The highest BCUT2D eigenvalue weighted by Crippen LogP contribution is 2.20. The van der Waals surface area contributed by atoms with Crippen LogP contribution in [0.2, 0.25) is 0 Å². The molecule has 1 aromatic rings. The van der Waals surface area contributed by atoms with Gasteiger partial charge in [-0.1, -0.05) is 0 Å². The minimum Gasteiger partial charge on any atom is -0.506 e. The van der Waals surface area contributed by atoms with Crippen molar-refractivity contribution in [3.63, 3.8) is 0 Å². The zero-order chi connectivity index (χ0) is 14.8. The lowest BCUT2D eigenvalue weighted by Crippen LogP contribution is -2.42. The second kappa shape index (κ2) is 5.46. The standard InChI is InChI=1S/C13H22N2O3S/c1-10-6-7-12(16)11(14-10)8-15(4)9-13(2,3)19(5,17)18/h6-7,16H,8-9H2,1-5H3. The van der Waals surface area contributed by atoms with Crippen LogP contribution in [0.4, 0.5) is 0 Å². The molecule has 1 heterocycles. The van der Waals surface area contributed by atoms with E-state index in [0.717, 1.165) is 5.69 Å². The summed E-state index contributed by atoms with van der Waals surface area (Å²) in [7, 11) is -1.32. The second-order valence-corrected chi connectivity index (χ2v) is 8.27. The number of aromatic hydroxyl groups is 1. The van der Waals surface area contributed by atoms with Crippen LogP contribution in [0, 0.1) is 6.92 Å². The van der Waals surface area contributed by atoms with Gasteiger partial charge in [-0.3, -0.25) is 9.88 Å². The molecule has 0 fully saturated rings. The number of aromatic nitrogens is 1. The summed E-state index contributed by atoms with van der Waals surface area (Å²) < 4.78 is 22.5. The molecule has 0 aliphatic heterocycles. The monoisotopic (exact) mass is 286 g/mol. The van der Waals surface area contributed by atoms with E-state index in [-0.39, 0.29) is 5.75 Å². The predicted octanol–water partition coefficient (Wildman–Crippen LogP) is 1.35. The Kier molecular flexibility index (Phi) is 4.58. The van der Waals surface area contributed by atoms with Gasteiger partial charge in [0, 0.05) is 25.0 Å². The predicted molar refractivity (Wildman–Crippen MR) is 75.9 cm³/mol. The van der Waals surface area contributed by atoms with Crippen LogP contribution in [0.5, 0.6) is 5.75 Å². The lowest BCUT2D eigenvalue weighted by atomic mass is 10.2. The van der Waals surface area contributed by atoms with Gasteiger partial charge in [-0.2, -0.15) is 0 Å². The second-order valence-electron chi connectivity index (χ2n) is 5.62. The molecule has 1 aromatic heterocycles. The molecule has 1 rings (SSSR count). The molecule has 6 heteroatoms. The maximum absolute atomic E-state index is 11.7. The van der Waals surface area contributed by atoms with Crippen molar-refractivity contribution in [2.45, 2.75) is 32.1 Å². The first-order valence-electron chi connectivity index (χ1n) is 6.06. The van der Waals surface area contributed by atoms with Crippen molar-refractivity contribution in [3.05, 3.63) is 23.5 Å². The van der Waals surface area contributed by atoms with Gasteiger partial charge in [0.2, 0.25) is 0 Å². The number of aryl methyl sites for hydroxylation is 1. The van der Waals surface area contributed by atoms with Crippen molar-refractivity contribution in [1.29, 1.82) is 0 Å². The fourth-order valence-corrected chi connectivity index (χ4v) is 2.25. The summed E-state index contributed by atoms with van der Waals surface area (Å²) in [6.45, 7) is 6.03. The molecule has 5 nitrogen and oxygen atoms in total. The molecular weight excluding hydrogens is 264 g/mol. The summed E-state index contributed by atoms with van der Waals surface area (Å²) in [5, 5.41) is 9.73. The van der Waals surface area contributed by atoms with Crippen molar-refractivity contribution < 1.29 is 13.5 Å². The number of rotatable bonds is 5. The third-order valence-corrected chi connectivity index (χ3v) is 5.30. The van der Waals surface area contributed by atoms with E-state index < -0.39 is 14.6 Å². The zero-order valence-corrected chi connectivity index (χ0v) is 13.0. The van der Waals surface area contributed by atoms with Crippen LogP contribution in [0.3, 0.4) is 0 Å². The minimum atomic E-state index is -3.13. The Labute approximate surface area is 115 Å². The number of hydrogen-bond donors (Lipinski definition) is 1. The van der Waals surface area contributed by atoms with Gasteiger partial charge in [0.05, 0.1) is 10.4 Å². The largest absolute Gasteiger partial charge is 0.506 e. The smallest absolute Gasteiger partial charge is 0.153 e. The summed E-state index contributed by atoms with van der Waals surface area (Å²) >= 11 is 0. The molecule has 108 valence electrons. The van der Waals surface area contributed by atoms with E-state index in [4.69, 9.17) is 0 Å². The van der Waals surface area contributed by atoms with E-state index in [9.17, 15) is 13.5 Å². The first kappa shape index (κ1) is 15.9. The normalized spacial score (nSPS) is 12.9. The highest BCUT2D eigenvalue weighted by molar-refractivity contribution is 7.92. The lowest BCUT2D eigenvalue weighted by molar-refractivity contribution is 0.288. The van der Waals surface area contributed by atoms with Gasteiger partial charge in [-0.15, -0.1) is 0 Å². The Bertz CT molecular complexity index is 553. The molecule has 0 spiro atoms. The topological polar surface area (TPSA) is 70.5 Å². The van der Waals surface area contributed by atoms with Crippen molar-refractivity contribution in [1.82, 2.24) is 9.88 Å². The van der Waals surface area contributed by atoms with E-state index >= 15 is 0 Å². The highest BCUT2D eigenvalue weighted by Gasteiger charge is 2.31. The summed E-state index contributed by atoms with van der Waals surface area (Å²) in [6.07, 6.45) is 1.24. The van der Waals surface area contributed by atoms with Crippen LogP contribution >= 0.6 is 0 Å². The Morgan fingerprint density at radius 2 is 1.95 bits per heavy atom. The van der Waals surface area contributed by atoms with Crippen LogP contribution in [0.25, 0.3) is 0 Å². The number of nitrogens with zero attached hydrogens (tertiary/aromatic N) is 2. The first-order valence-corrected chi connectivity index (χ1v) is 7.96. The number of pyridine rings is 1. The number of sulfone groups is 1. The van der Waals surface area contributed by atoms with Gasteiger partial charge in [0.1, 0.15) is 5.75 Å². The third kappa shape index (κ3) is 4.18. The van der Waals surface area contributed by atoms with Crippen LogP contribution in [0.1, 0.15) is 25.2 Å². The molecule has 19 heavy (non-hydrogen) atoms. The van der Waals surface area contributed by atoms with Gasteiger partial charge in [-0.25, -0.2) is 8.42 Å². The van der Waals surface area contributed by atoms with E-state index in [1.807, 2.05) is 18.9 Å². The molecule has 0 saturated carbocycles. The molecule has 0 bridgehead atoms. The van der Waals surface area contributed by atoms with Gasteiger partial charge in [-0.05, 0) is 40.0 Å². The van der Waals surface area contributed by atoms with Crippen molar-refractivity contribution in [2.75, 3.05) is 19.8 Å². The van der Waals surface area contributed by atoms with Crippen molar-refractivity contribution >= 4 is 9.84 Å². The average Bonchev–Trinajstić information content (AvgIpc) is 2.21. The Hall–Kier alpha value is -1.14. The van der Waals surface area contributed by atoms with Crippen molar-refractivity contribution in [3.8, 4) is 5.75 Å².